The first-order chi connectivity index (χ1) is 16.1. The third-order valence-electron chi connectivity index (χ3n) is 5.22. The topological polar surface area (TPSA) is 93.4 Å². The second-order valence-corrected chi connectivity index (χ2v) is 12.0. The predicted molar refractivity (Wildman–Crippen MR) is 133 cm³/mol. The van der Waals surface area contributed by atoms with E-state index in [1.54, 1.807) is 36.4 Å². The quantitative estimate of drug-likeness (QED) is 0.278. The molecule has 0 atom stereocenters. The van der Waals surface area contributed by atoms with Gasteiger partial charge in [-0.2, -0.15) is 0 Å². The Balaban J connectivity index is 1.61. The van der Waals surface area contributed by atoms with Gasteiger partial charge >= 0.3 is 0 Å². The average molecular weight is 532 g/mol. The largest absolute Gasteiger partial charge is 0.456 e. The van der Waals surface area contributed by atoms with Gasteiger partial charge in [0.05, 0.1) is 20.4 Å². The van der Waals surface area contributed by atoms with Gasteiger partial charge in [0, 0.05) is 20.8 Å². The Hall–Kier alpha value is -3.04. The number of benzene rings is 4. The van der Waals surface area contributed by atoms with Crippen LogP contribution in [-0.4, -0.2) is 16.8 Å². The summed E-state index contributed by atoms with van der Waals surface area (Å²) in [6.07, 6.45) is 0. The van der Waals surface area contributed by atoms with Crippen molar-refractivity contribution >= 4 is 70.7 Å². The number of sulfone groups is 1. The van der Waals surface area contributed by atoms with Crippen LogP contribution >= 0.6 is 23.2 Å². The maximum atomic E-state index is 13.1. The molecule has 0 amide bonds. The van der Waals surface area contributed by atoms with Gasteiger partial charge in [0.1, 0.15) is 11.2 Å². The van der Waals surface area contributed by atoms with Crippen molar-refractivity contribution in [3.63, 3.8) is 0 Å². The van der Waals surface area contributed by atoms with Gasteiger partial charge in [-0.1, -0.05) is 35.3 Å². The third-order valence-corrected chi connectivity index (χ3v) is 8.81. The number of hydrogen-bond donors (Lipinski definition) is 1. The Kier molecular flexibility index (Phi) is 5.56. The van der Waals surface area contributed by atoms with Crippen molar-refractivity contribution in [3.05, 3.63) is 95.0 Å². The monoisotopic (exact) mass is 531 g/mol. The van der Waals surface area contributed by atoms with Crippen LogP contribution in [0, 0.1) is 0 Å². The summed E-state index contributed by atoms with van der Waals surface area (Å²) in [6, 6.07) is 21.2. The molecule has 0 aliphatic rings. The molecule has 172 valence electrons. The highest BCUT2D eigenvalue weighted by molar-refractivity contribution is 7.92. The van der Waals surface area contributed by atoms with Gasteiger partial charge in [0.2, 0.25) is 9.84 Å². The molecule has 6 nitrogen and oxygen atoms in total. The molecule has 1 heterocycles. The molecule has 0 aliphatic heterocycles. The highest BCUT2D eigenvalue weighted by Crippen LogP contribution is 2.34. The molecule has 0 aliphatic carbocycles. The molecular formula is C24H15Cl2NO5S2. The maximum Gasteiger partial charge on any atom is 0.261 e. The summed E-state index contributed by atoms with van der Waals surface area (Å²) in [5.41, 5.74) is 1.17. The highest BCUT2D eigenvalue weighted by Gasteiger charge is 2.21. The summed E-state index contributed by atoms with van der Waals surface area (Å²) in [4.78, 5) is 0.0854. The van der Waals surface area contributed by atoms with E-state index in [1.807, 2.05) is 0 Å². The Bertz CT molecular complexity index is 1800. The number of anilines is 1. The van der Waals surface area contributed by atoms with E-state index in [0.29, 0.717) is 37.7 Å². The van der Waals surface area contributed by atoms with Crippen LogP contribution in [0.2, 0.25) is 10.0 Å². The lowest BCUT2D eigenvalue weighted by Crippen LogP contribution is -2.12. The summed E-state index contributed by atoms with van der Waals surface area (Å²) in [7, 11) is -7.79. The fourth-order valence-corrected chi connectivity index (χ4v) is 6.46. The zero-order valence-corrected chi connectivity index (χ0v) is 20.3. The SMILES string of the molecule is O=S(=O)(Nc1cccc(Cl)c1)c1ccc2oc3ccc(S(=O)(=O)c4cccc(Cl)c4)cc3c2c1. The highest BCUT2D eigenvalue weighted by atomic mass is 35.5. The van der Waals surface area contributed by atoms with E-state index in [1.165, 1.54) is 48.5 Å². The van der Waals surface area contributed by atoms with Crippen LogP contribution in [0.1, 0.15) is 0 Å². The van der Waals surface area contributed by atoms with Gasteiger partial charge < -0.3 is 4.42 Å². The summed E-state index contributed by atoms with van der Waals surface area (Å²) in [5.74, 6) is 0. The first kappa shape index (κ1) is 22.7. The second-order valence-electron chi connectivity index (χ2n) is 7.49. The van der Waals surface area contributed by atoms with E-state index in [4.69, 9.17) is 27.6 Å². The molecule has 5 aromatic rings. The van der Waals surface area contributed by atoms with Gasteiger partial charge in [-0.05, 0) is 72.8 Å². The molecule has 0 saturated heterocycles. The van der Waals surface area contributed by atoms with Crippen molar-refractivity contribution in [1.82, 2.24) is 0 Å². The molecule has 0 saturated carbocycles. The Morgan fingerprint density at radius 1 is 0.618 bits per heavy atom. The zero-order valence-electron chi connectivity index (χ0n) is 17.2. The zero-order chi connectivity index (χ0) is 24.1. The summed E-state index contributed by atoms with van der Waals surface area (Å²) in [6.45, 7) is 0. The van der Waals surface area contributed by atoms with E-state index in [9.17, 15) is 16.8 Å². The van der Waals surface area contributed by atoms with Gasteiger partial charge in [-0.3, -0.25) is 4.72 Å². The lowest BCUT2D eigenvalue weighted by molar-refractivity contribution is 0.595. The minimum absolute atomic E-state index is 0.00854. The first-order valence-corrected chi connectivity index (χ1v) is 13.6. The number of sulfonamides is 1. The predicted octanol–water partition coefficient (Wildman–Crippen LogP) is 6.53. The van der Waals surface area contributed by atoms with E-state index >= 15 is 0 Å². The number of hydrogen-bond acceptors (Lipinski definition) is 5. The van der Waals surface area contributed by atoms with E-state index in [0.717, 1.165) is 0 Å². The van der Waals surface area contributed by atoms with Crippen molar-refractivity contribution in [2.45, 2.75) is 14.7 Å². The van der Waals surface area contributed by atoms with Gasteiger partial charge in [-0.15, -0.1) is 0 Å². The van der Waals surface area contributed by atoms with Crippen LogP contribution in [-0.2, 0) is 19.9 Å². The molecule has 5 rings (SSSR count). The Labute approximate surface area is 205 Å². The summed E-state index contributed by atoms with van der Waals surface area (Å²) < 4.78 is 60.5. The molecule has 4 aromatic carbocycles. The number of fused-ring (bicyclic) bond motifs is 3. The molecule has 34 heavy (non-hydrogen) atoms. The van der Waals surface area contributed by atoms with Crippen molar-refractivity contribution in [1.29, 1.82) is 0 Å². The van der Waals surface area contributed by atoms with Gasteiger partial charge in [-0.25, -0.2) is 16.8 Å². The normalized spacial score (nSPS) is 12.3. The summed E-state index contributed by atoms with van der Waals surface area (Å²) >= 11 is 11.9. The van der Waals surface area contributed by atoms with E-state index in [2.05, 4.69) is 4.72 Å². The van der Waals surface area contributed by atoms with Crippen LogP contribution in [0.5, 0.6) is 0 Å². The molecule has 0 fully saturated rings. The van der Waals surface area contributed by atoms with Crippen LogP contribution in [0.4, 0.5) is 5.69 Å². The minimum atomic E-state index is -3.94. The van der Waals surface area contributed by atoms with Crippen LogP contribution in [0.3, 0.4) is 0 Å². The lowest BCUT2D eigenvalue weighted by Gasteiger charge is -2.08. The number of halogens is 2. The number of furan rings is 1. The Morgan fingerprint density at radius 3 is 1.82 bits per heavy atom. The van der Waals surface area contributed by atoms with Crippen molar-refractivity contribution in [3.8, 4) is 0 Å². The van der Waals surface area contributed by atoms with Gasteiger partial charge in [0.25, 0.3) is 10.0 Å². The van der Waals surface area contributed by atoms with E-state index in [-0.39, 0.29) is 14.7 Å². The maximum absolute atomic E-state index is 13.1. The van der Waals surface area contributed by atoms with Crippen LogP contribution in [0.25, 0.3) is 21.9 Å². The van der Waals surface area contributed by atoms with E-state index < -0.39 is 19.9 Å². The van der Waals surface area contributed by atoms with Crippen LogP contribution < -0.4 is 4.72 Å². The Morgan fingerprint density at radius 2 is 1.18 bits per heavy atom. The molecule has 10 heteroatoms. The molecule has 0 bridgehead atoms. The fraction of sp³-hybridized carbons (Fsp3) is 0. The molecule has 1 N–H and O–H groups in total. The molecule has 0 unspecified atom stereocenters. The van der Waals surface area contributed by atoms with Gasteiger partial charge in [0.15, 0.2) is 0 Å². The average Bonchev–Trinajstić information content (AvgIpc) is 3.16. The standard InChI is InChI=1S/C24H15Cl2NO5S2/c25-15-3-1-5-17(11-15)27-34(30,31)20-8-10-24-22(14-20)21-13-19(7-9-23(21)32-24)33(28,29)18-6-2-4-16(26)12-18/h1-14,27H. The lowest BCUT2D eigenvalue weighted by atomic mass is 10.1. The fourth-order valence-electron chi connectivity index (χ4n) is 3.61. The van der Waals surface area contributed by atoms with Crippen LogP contribution in [0.15, 0.2) is 104 Å². The molecule has 0 spiro atoms. The summed E-state index contributed by atoms with van der Waals surface area (Å²) in [5, 5.41) is 1.63. The number of nitrogens with one attached hydrogen (secondary N) is 1. The minimum Gasteiger partial charge on any atom is -0.456 e. The van der Waals surface area contributed by atoms with Crippen molar-refractivity contribution in [2.24, 2.45) is 0 Å². The third kappa shape index (κ3) is 4.14. The first-order valence-electron chi connectivity index (χ1n) is 9.89. The molecule has 0 radical (unpaired) electrons. The van der Waals surface area contributed by atoms with Crippen molar-refractivity contribution in [2.75, 3.05) is 4.72 Å². The molecule has 1 aromatic heterocycles. The van der Waals surface area contributed by atoms with Crippen molar-refractivity contribution < 1.29 is 21.3 Å². The number of rotatable bonds is 5. The smallest absolute Gasteiger partial charge is 0.261 e. The molecular weight excluding hydrogens is 517 g/mol. The second kappa shape index (κ2) is 8.32.